The van der Waals surface area contributed by atoms with Crippen LogP contribution in [0.25, 0.3) is 0 Å². The second kappa shape index (κ2) is 6.09. The molecule has 20 heavy (non-hydrogen) atoms. The molecule has 1 aromatic heterocycles. The Bertz CT molecular complexity index is 507. The summed E-state index contributed by atoms with van der Waals surface area (Å²) in [6, 6.07) is 2.02. The zero-order valence-electron chi connectivity index (χ0n) is 12.4. The van der Waals surface area contributed by atoms with E-state index in [9.17, 15) is 0 Å². The summed E-state index contributed by atoms with van der Waals surface area (Å²) in [7, 11) is 0. The van der Waals surface area contributed by atoms with Gasteiger partial charge < -0.3 is 20.7 Å². The monoisotopic (exact) mass is 277 g/mol. The van der Waals surface area contributed by atoms with Gasteiger partial charge in [-0.05, 0) is 26.5 Å². The first-order valence-corrected chi connectivity index (χ1v) is 7.00. The van der Waals surface area contributed by atoms with Crippen molar-refractivity contribution < 1.29 is 5.21 Å². The van der Waals surface area contributed by atoms with Gasteiger partial charge in [-0.2, -0.15) is 0 Å². The van der Waals surface area contributed by atoms with Gasteiger partial charge >= 0.3 is 0 Å². The number of rotatable bonds is 3. The third-order valence-electron chi connectivity index (χ3n) is 3.83. The van der Waals surface area contributed by atoms with Crippen molar-refractivity contribution in [2.75, 3.05) is 37.6 Å². The van der Waals surface area contributed by atoms with Gasteiger partial charge in [-0.25, -0.2) is 0 Å². The van der Waals surface area contributed by atoms with Crippen molar-refractivity contribution in [3.63, 3.8) is 0 Å². The van der Waals surface area contributed by atoms with Gasteiger partial charge in [0.25, 0.3) is 0 Å². The Labute approximate surface area is 119 Å². The van der Waals surface area contributed by atoms with E-state index in [2.05, 4.69) is 26.9 Å². The van der Waals surface area contributed by atoms with E-state index in [0.29, 0.717) is 0 Å². The standard InChI is InChI=1S/C14H23N5O/c1-4-18-5-7-19(8-6-18)12-9-10(2)16-11(3)13(12)14(15)17-20/h9,20H,4-8H2,1-3H3,(H2,15,17). The van der Waals surface area contributed by atoms with E-state index >= 15 is 0 Å². The van der Waals surface area contributed by atoms with Crippen LogP contribution < -0.4 is 10.6 Å². The Morgan fingerprint density at radius 1 is 1.35 bits per heavy atom. The van der Waals surface area contributed by atoms with Crippen LogP contribution in [-0.4, -0.2) is 53.7 Å². The predicted molar refractivity (Wildman–Crippen MR) is 80.5 cm³/mol. The topological polar surface area (TPSA) is 78.0 Å². The number of amidine groups is 1. The molecule has 3 N–H and O–H groups in total. The Balaban J connectivity index is 2.36. The molecule has 0 atom stereocenters. The van der Waals surface area contributed by atoms with Crippen LogP contribution in [0.2, 0.25) is 0 Å². The van der Waals surface area contributed by atoms with Crippen LogP contribution in [0.4, 0.5) is 5.69 Å². The van der Waals surface area contributed by atoms with Gasteiger partial charge in [0, 0.05) is 31.9 Å². The molecule has 110 valence electrons. The number of pyridine rings is 1. The quantitative estimate of drug-likeness (QED) is 0.372. The van der Waals surface area contributed by atoms with Gasteiger partial charge in [0.15, 0.2) is 5.84 Å². The molecule has 6 nitrogen and oxygen atoms in total. The number of likely N-dealkylation sites (N-methyl/N-ethyl adjacent to an activating group) is 1. The molecule has 2 heterocycles. The van der Waals surface area contributed by atoms with E-state index in [1.165, 1.54) is 0 Å². The Kier molecular flexibility index (Phi) is 4.44. The lowest BCUT2D eigenvalue weighted by Gasteiger charge is -2.36. The largest absolute Gasteiger partial charge is 0.409 e. The number of hydrogen-bond donors (Lipinski definition) is 2. The van der Waals surface area contributed by atoms with E-state index in [0.717, 1.165) is 55.4 Å². The van der Waals surface area contributed by atoms with Gasteiger partial charge in [-0.3, -0.25) is 4.98 Å². The number of aryl methyl sites for hydroxylation is 2. The molecule has 1 aromatic rings. The zero-order chi connectivity index (χ0) is 14.7. The maximum atomic E-state index is 8.99. The average molecular weight is 277 g/mol. The molecule has 0 aromatic carbocycles. The van der Waals surface area contributed by atoms with Gasteiger partial charge in [0.2, 0.25) is 0 Å². The number of oxime groups is 1. The summed E-state index contributed by atoms with van der Waals surface area (Å²) in [5.41, 5.74) is 9.33. The highest BCUT2D eigenvalue weighted by molar-refractivity contribution is 6.03. The van der Waals surface area contributed by atoms with E-state index in [1.807, 2.05) is 19.9 Å². The van der Waals surface area contributed by atoms with Crippen LogP contribution in [0.1, 0.15) is 23.9 Å². The number of aromatic nitrogens is 1. The van der Waals surface area contributed by atoms with Gasteiger partial charge in [0.1, 0.15) is 0 Å². The van der Waals surface area contributed by atoms with E-state index in [-0.39, 0.29) is 5.84 Å². The zero-order valence-corrected chi connectivity index (χ0v) is 12.4. The normalized spacial score (nSPS) is 17.6. The minimum atomic E-state index is 0.128. The number of hydrogen-bond acceptors (Lipinski definition) is 5. The van der Waals surface area contributed by atoms with E-state index in [1.54, 1.807) is 0 Å². The predicted octanol–water partition coefficient (Wildman–Crippen LogP) is 0.935. The lowest BCUT2D eigenvalue weighted by atomic mass is 10.1. The molecule has 1 saturated heterocycles. The fraction of sp³-hybridized carbons (Fsp3) is 0.571. The Morgan fingerprint density at radius 3 is 2.55 bits per heavy atom. The summed E-state index contributed by atoms with van der Waals surface area (Å²) in [4.78, 5) is 9.13. The molecule has 1 aliphatic rings. The molecule has 0 spiro atoms. The van der Waals surface area contributed by atoms with Crippen LogP contribution in [0.3, 0.4) is 0 Å². The highest BCUT2D eigenvalue weighted by atomic mass is 16.4. The second-order valence-corrected chi connectivity index (χ2v) is 5.15. The molecule has 1 fully saturated rings. The smallest absolute Gasteiger partial charge is 0.174 e. The summed E-state index contributed by atoms with van der Waals surface area (Å²) in [6.07, 6.45) is 0. The average Bonchev–Trinajstić information content (AvgIpc) is 2.46. The molecule has 0 radical (unpaired) electrons. The SMILES string of the molecule is CCN1CCN(c2cc(C)nc(C)c2/C(N)=N/O)CC1. The van der Waals surface area contributed by atoms with Crippen LogP contribution >= 0.6 is 0 Å². The fourth-order valence-corrected chi connectivity index (χ4v) is 2.73. The number of anilines is 1. The molecular weight excluding hydrogens is 254 g/mol. The lowest BCUT2D eigenvalue weighted by molar-refractivity contribution is 0.271. The third-order valence-corrected chi connectivity index (χ3v) is 3.83. The summed E-state index contributed by atoms with van der Waals surface area (Å²) in [5, 5.41) is 12.1. The highest BCUT2D eigenvalue weighted by Crippen LogP contribution is 2.25. The Hall–Kier alpha value is -1.82. The third kappa shape index (κ3) is 2.85. The van der Waals surface area contributed by atoms with Gasteiger partial charge in [-0.15, -0.1) is 0 Å². The highest BCUT2D eigenvalue weighted by Gasteiger charge is 2.21. The molecule has 2 rings (SSSR count). The molecule has 0 bridgehead atoms. The van der Waals surface area contributed by atoms with Crippen molar-refractivity contribution in [3.8, 4) is 0 Å². The first-order valence-electron chi connectivity index (χ1n) is 7.00. The summed E-state index contributed by atoms with van der Waals surface area (Å²) < 4.78 is 0. The molecule has 6 heteroatoms. The molecule has 0 aliphatic carbocycles. The van der Waals surface area contributed by atoms with Crippen molar-refractivity contribution in [3.05, 3.63) is 23.0 Å². The molecule has 1 aliphatic heterocycles. The van der Waals surface area contributed by atoms with Crippen molar-refractivity contribution >= 4 is 11.5 Å². The van der Waals surface area contributed by atoms with Crippen molar-refractivity contribution in [2.24, 2.45) is 10.9 Å². The first kappa shape index (κ1) is 14.6. The minimum absolute atomic E-state index is 0.128. The van der Waals surface area contributed by atoms with E-state index in [4.69, 9.17) is 10.9 Å². The Morgan fingerprint density at radius 2 is 2.00 bits per heavy atom. The minimum Gasteiger partial charge on any atom is -0.409 e. The van der Waals surface area contributed by atoms with Crippen LogP contribution in [0, 0.1) is 13.8 Å². The first-order chi connectivity index (χ1) is 9.56. The number of nitrogens with two attached hydrogens (primary N) is 1. The fourth-order valence-electron chi connectivity index (χ4n) is 2.73. The molecular formula is C14H23N5O. The van der Waals surface area contributed by atoms with Crippen molar-refractivity contribution in [1.82, 2.24) is 9.88 Å². The van der Waals surface area contributed by atoms with Crippen LogP contribution in [0.5, 0.6) is 0 Å². The van der Waals surface area contributed by atoms with Gasteiger partial charge in [0.05, 0.1) is 16.9 Å². The summed E-state index contributed by atoms with van der Waals surface area (Å²) >= 11 is 0. The molecule has 0 saturated carbocycles. The number of nitrogens with zero attached hydrogens (tertiary/aromatic N) is 4. The summed E-state index contributed by atoms with van der Waals surface area (Å²) in [5.74, 6) is 0.128. The molecule has 0 amide bonds. The maximum Gasteiger partial charge on any atom is 0.174 e. The van der Waals surface area contributed by atoms with Crippen molar-refractivity contribution in [1.29, 1.82) is 0 Å². The summed E-state index contributed by atoms with van der Waals surface area (Å²) in [6.45, 7) is 11.1. The van der Waals surface area contributed by atoms with Crippen LogP contribution in [0.15, 0.2) is 11.2 Å². The number of piperazine rings is 1. The molecule has 0 unspecified atom stereocenters. The van der Waals surface area contributed by atoms with Crippen LogP contribution in [-0.2, 0) is 0 Å². The second-order valence-electron chi connectivity index (χ2n) is 5.15. The van der Waals surface area contributed by atoms with E-state index < -0.39 is 0 Å². The van der Waals surface area contributed by atoms with Gasteiger partial charge in [-0.1, -0.05) is 12.1 Å². The lowest BCUT2D eigenvalue weighted by Crippen LogP contribution is -2.46. The maximum absolute atomic E-state index is 8.99. The van der Waals surface area contributed by atoms with Crippen molar-refractivity contribution in [2.45, 2.75) is 20.8 Å².